The first kappa shape index (κ1) is 12.9. The van der Waals surface area contributed by atoms with Crippen molar-refractivity contribution in [3.63, 3.8) is 0 Å². The van der Waals surface area contributed by atoms with E-state index in [1.807, 2.05) is 11.8 Å². The van der Waals surface area contributed by atoms with Gasteiger partial charge in [0.1, 0.15) is 5.37 Å². The molecular formula is C12H19N2OS2+. The van der Waals surface area contributed by atoms with Gasteiger partial charge in [0.15, 0.2) is 0 Å². The third kappa shape index (κ3) is 2.84. The molecule has 2 atom stereocenters. The van der Waals surface area contributed by atoms with Crippen LogP contribution in [0.4, 0.5) is 0 Å². The van der Waals surface area contributed by atoms with Crippen molar-refractivity contribution in [3.8, 4) is 0 Å². The van der Waals surface area contributed by atoms with E-state index >= 15 is 0 Å². The summed E-state index contributed by atoms with van der Waals surface area (Å²) in [5.41, 5.74) is 0. The molecule has 1 aliphatic heterocycles. The normalized spacial score (nSPS) is 24.6. The van der Waals surface area contributed by atoms with Crippen molar-refractivity contribution in [2.45, 2.75) is 24.5 Å². The number of likely N-dealkylation sites (N-methyl/N-ethyl adjacent to an activating group) is 1. The van der Waals surface area contributed by atoms with Crippen molar-refractivity contribution in [2.75, 3.05) is 19.6 Å². The zero-order valence-corrected chi connectivity index (χ0v) is 11.9. The molecule has 1 fully saturated rings. The fraction of sp³-hybridized carbons (Fsp3) is 0.583. The van der Waals surface area contributed by atoms with E-state index in [0.29, 0.717) is 0 Å². The average Bonchev–Trinajstić information content (AvgIpc) is 2.92. The molecule has 2 rings (SSSR count). The molecule has 17 heavy (non-hydrogen) atoms. The van der Waals surface area contributed by atoms with E-state index in [2.05, 4.69) is 29.8 Å². The monoisotopic (exact) mass is 271 g/mol. The topological polar surface area (TPSA) is 36.9 Å². The number of nitrogens with two attached hydrogens (primary N) is 1. The van der Waals surface area contributed by atoms with Gasteiger partial charge in [0.2, 0.25) is 5.91 Å². The molecule has 2 heterocycles. The molecule has 94 valence electrons. The molecule has 1 amide bonds. The van der Waals surface area contributed by atoms with Gasteiger partial charge >= 0.3 is 0 Å². The largest absolute Gasteiger partial charge is 0.345 e. The van der Waals surface area contributed by atoms with Gasteiger partial charge in [-0.25, -0.2) is 0 Å². The molecule has 1 aromatic heterocycles. The molecule has 5 heteroatoms. The van der Waals surface area contributed by atoms with Gasteiger partial charge < -0.3 is 10.2 Å². The number of quaternary nitrogens is 1. The lowest BCUT2D eigenvalue weighted by Crippen LogP contribution is -2.85. The van der Waals surface area contributed by atoms with E-state index in [0.717, 1.165) is 19.6 Å². The average molecular weight is 271 g/mol. The summed E-state index contributed by atoms with van der Waals surface area (Å²) in [5, 5.41) is 4.66. The third-order valence-corrected chi connectivity index (χ3v) is 5.35. The van der Waals surface area contributed by atoms with Gasteiger partial charge in [0, 0.05) is 4.88 Å². The second-order valence-corrected chi connectivity index (χ2v) is 6.57. The molecule has 2 N–H and O–H groups in total. The highest BCUT2D eigenvalue weighted by molar-refractivity contribution is 8.01. The number of carbonyl (C=O) groups excluding carboxylic acids is 1. The summed E-state index contributed by atoms with van der Waals surface area (Å²) in [6.45, 7) is 7.08. The fourth-order valence-electron chi connectivity index (χ4n) is 1.99. The minimum absolute atomic E-state index is 0.101. The number of carbonyl (C=O) groups is 1. The van der Waals surface area contributed by atoms with E-state index < -0.39 is 0 Å². The molecule has 0 radical (unpaired) electrons. The van der Waals surface area contributed by atoms with Crippen molar-refractivity contribution >= 4 is 29.0 Å². The van der Waals surface area contributed by atoms with Crippen LogP contribution in [0.15, 0.2) is 17.5 Å². The lowest BCUT2D eigenvalue weighted by Gasteiger charge is -2.21. The molecule has 0 saturated carbocycles. The van der Waals surface area contributed by atoms with Crippen molar-refractivity contribution in [1.82, 2.24) is 4.90 Å². The van der Waals surface area contributed by atoms with Crippen LogP contribution in [0.25, 0.3) is 0 Å². The fourth-order valence-corrected chi connectivity index (χ4v) is 4.24. The Labute approximate surface area is 111 Å². The Hall–Kier alpha value is -0.520. The summed E-state index contributed by atoms with van der Waals surface area (Å²) in [7, 11) is 0. The van der Waals surface area contributed by atoms with Gasteiger partial charge in [0.25, 0.3) is 0 Å². The smallest absolute Gasteiger partial charge is 0.236 e. The summed E-state index contributed by atoms with van der Waals surface area (Å²) in [5.74, 6) is 0.290. The standard InChI is InChI=1S/C12H18N2OS2/c1-3-13-6-7-14-11(15)9(2)17-12(14)10-5-4-8-16-10/h4-5,8-9,12-13H,3,6-7H2,1-2H3/p+1/t9-,12+/m1/s1. The highest BCUT2D eigenvalue weighted by Gasteiger charge is 2.38. The van der Waals surface area contributed by atoms with Crippen LogP contribution < -0.4 is 5.32 Å². The predicted octanol–water partition coefficient (Wildman–Crippen LogP) is 1.29. The van der Waals surface area contributed by atoms with Crippen molar-refractivity contribution in [1.29, 1.82) is 0 Å². The van der Waals surface area contributed by atoms with E-state index in [1.165, 1.54) is 4.88 Å². The van der Waals surface area contributed by atoms with Crippen LogP contribution in [0.2, 0.25) is 0 Å². The first-order chi connectivity index (χ1) is 8.24. The molecule has 0 aliphatic carbocycles. The first-order valence-corrected chi connectivity index (χ1v) is 7.87. The first-order valence-electron chi connectivity index (χ1n) is 6.05. The number of thiophene rings is 1. The highest BCUT2D eigenvalue weighted by Crippen LogP contribution is 2.43. The maximum absolute atomic E-state index is 12.1. The maximum atomic E-state index is 12.1. The van der Waals surface area contributed by atoms with E-state index in [4.69, 9.17) is 0 Å². The third-order valence-electron chi connectivity index (χ3n) is 2.90. The number of hydrogen-bond donors (Lipinski definition) is 1. The predicted molar refractivity (Wildman–Crippen MR) is 73.2 cm³/mol. The van der Waals surface area contributed by atoms with Crippen molar-refractivity contribution in [3.05, 3.63) is 22.4 Å². The summed E-state index contributed by atoms with van der Waals surface area (Å²) in [4.78, 5) is 15.4. The Morgan fingerprint density at radius 2 is 2.35 bits per heavy atom. The van der Waals surface area contributed by atoms with Crippen LogP contribution in [0.5, 0.6) is 0 Å². The second-order valence-electron chi connectivity index (χ2n) is 4.16. The van der Waals surface area contributed by atoms with Crippen LogP contribution in [-0.4, -0.2) is 35.7 Å². The SMILES string of the molecule is CC[NH2+]CCN1C(=O)[C@@H](C)S[C@H]1c1cccs1. The molecule has 0 unspecified atom stereocenters. The summed E-state index contributed by atoms with van der Waals surface area (Å²) >= 11 is 3.51. The number of hydrogen-bond acceptors (Lipinski definition) is 3. The van der Waals surface area contributed by atoms with Gasteiger partial charge in [0.05, 0.1) is 24.9 Å². The van der Waals surface area contributed by atoms with Gasteiger partial charge in [-0.1, -0.05) is 6.07 Å². The molecule has 0 aromatic carbocycles. The maximum Gasteiger partial charge on any atom is 0.236 e. The Morgan fingerprint density at radius 1 is 1.53 bits per heavy atom. The van der Waals surface area contributed by atoms with Crippen LogP contribution in [-0.2, 0) is 4.79 Å². The van der Waals surface area contributed by atoms with Crippen molar-refractivity contribution < 1.29 is 10.1 Å². The molecule has 0 bridgehead atoms. The number of amides is 1. The van der Waals surface area contributed by atoms with Crippen LogP contribution in [0.3, 0.4) is 0 Å². The van der Waals surface area contributed by atoms with E-state index in [9.17, 15) is 4.79 Å². The zero-order chi connectivity index (χ0) is 12.3. The summed E-state index contributed by atoms with van der Waals surface area (Å²) in [6.07, 6.45) is 0. The molecular weight excluding hydrogens is 252 g/mol. The van der Waals surface area contributed by atoms with E-state index in [-0.39, 0.29) is 16.5 Å². The lowest BCUT2D eigenvalue weighted by atomic mass is 10.3. The zero-order valence-electron chi connectivity index (χ0n) is 10.3. The van der Waals surface area contributed by atoms with Crippen LogP contribution in [0.1, 0.15) is 24.1 Å². The van der Waals surface area contributed by atoms with Crippen LogP contribution in [0, 0.1) is 0 Å². The Morgan fingerprint density at radius 3 is 3.00 bits per heavy atom. The molecule has 1 aliphatic rings. The Kier molecular flexibility index (Phi) is 4.48. The minimum Gasteiger partial charge on any atom is -0.345 e. The highest BCUT2D eigenvalue weighted by atomic mass is 32.2. The second kappa shape index (κ2) is 5.89. The lowest BCUT2D eigenvalue weighted by molar-refractivity contribution is -0.651. The van der Waals surface area contributed by atoms with E-state index in [1.54, 1.807) is 23.1 Å². The molecule has 1 aromatic rings. The Balaban J connectivity index is 2.05. The van der Waals surface area contributed by atoms with Gasteiger partial charge in [-0.05, 0) is 25.3 Å². The summed E-state index contributed by atoms with van der Waals surface area (Å²) in [6, 6.07) is 4.19. The quantitative estimate of drug-likeness (QED) is 0.820. The summed E-state index contributed by atoms with van der Waals surface area (Å²) < 4.78 is 0. The van der Waals surface area contributed by atoms with Gasteiger partial charge in [-0.15, -0.1) is 23.1 Å². The van der Waals surface area contributed by atoms with Crippen LogP contribution >= 0.6 is 23.1 Å². The minimum atomic E-state index is 0.101. The molecule has 0 spiro atoms. The number of rotatable bonds is 5. The molecule has 1 saturated heterocycles. The van der Waals surface area contributed by atoms with Gasteiger partial charge in [-0.2, -0.15) is 0 Å². The van der Waals surface area contributed by atoms with Crippen molar-refractivity contribution in [2.24, 2.45) is 0 Å². The molecule has 3 nitrogen and oxygen atoms in total. The number of nitrogens with zero attached hydrogens (tertiary/aromatic N) is 1. The van der Waals surface area contributed by atoms with Gasteiger partial charge in [-0.3, -0.25) is 4.79 Å². The number of thioether (sulfide) groups is 1. The Bertz CT molecular complexity index is 367.